The molecule has 0 aliphatic heterocycles. The van der Waals surface area contributed by atoms with E-state index < -0.39 is 42.9 Å². The Hall–Kier alpha value is -4.99. The fraction of sp³-hybridized carbons (Fsp3) is 0.273. The van der Waals surface area contributed by atoms with Gasteiger partial charge in [-0.3, -0.25) is 0 Å². The van der Waals surface area contributed by atoms with Gasteiger partial charge >= 0.3 is 23.9 Å². The van der Waals surface area contributed by atoms with Gasteiger partial charge in [-0.05, 0) is 67.9 Å². The molecule has 9 nitrogen and oxygen atoms in total. The van der Waals surface area contributed by atoms with E-state index in [1.54, 1.807) is 36.4 Å². The zero-order valence-electron chi connectivity index (χ0n) is 24.1. The number of carbonyl (C=O) groups excluding carboxylic acids is 4. The highest BCUT2D eigenvalue weighted by atomic mass is 19.1. The molecule has 0 aliphatic carbocycles. The summed E-state index contributed by atoms with van der Waals surface area (Å²) in [4.78, 5) is 49.6. The molecule has 0 saturated carbocycles. The van der Waals surface area contributed by atoms with Crippen LogP contribution in [0.3, 0.4) is 0 Å². The van der Waals surface area contributed by atoms with Gasteiger partial charge in [-0.15, -0.1) is 0 Å². The average Bonchev–Trinajstić information content (AvgIpc) is 3.00. The van der Waals surface area contributed by atoms with Crippen LogP contribution in [-0.4, -0.2) is 43.7 Å². The van der Waals surface area contributed by atoms with Gasteiger partial charge < -0.3 is 23.7 Å². The van der Waals surface area contributed by atoms with Crippen molar-refractivity contribution >= 4 is 23.9 Å². The third-order valence-corrected chi connectivity index (χ3v) is 6.00. The molecule has 43 heavy (non-hydrogen) atoms. The van der Waals surface area contributed by atoms with Gasteiger partial charge in [0, 0.05) is 0 Å². The smallest absolute Gasteiger partial charge is 0.366 e. The SMILES string of the molecule is C=C(F)C(=O)OCCOC(=O)c1cc(OC(=O)c2ccc(C)cc2)ccc1OC(=O)c1ccc(OCCCCCC)cc1. The van der Waals surface area contributed by atoms with Crippen molar-refractivity contribution in [1.82, 2.24) is 0 Å². The molecule has 0 N–H and O–H groups in total. The first-order valence-electron chi connectivity index (χ1n) is 13.7. The lowest BCUT2D eigenvalue weighted by atomic mass is 10.1. The fourth-order valence-electron chi connectivity index (χ4n) is 3.67. The first-order valence-corrected chi connectivity index (χ1v) is 13.7. The highest BCUT2D eigenvalue weighted by Crippen LogP contribution is 2.27. The first kappa shape index (κ1) is 32.5. The highest BCUT2D eigenvalue weighted by Gasteiger charge is 2.21. The van der Waals surface area contributed by atoms with Crippen molar-refractivity contribution < 1.29 is 47.3 Å². The molecule has 10 heteroatoms. The van der Waals surface area contributed by atoms with Crippen LogP contribution in [0.15, 0.2) is 79.1 Å². The van der Waals surface area contributed by atoms with Gasteiger partial charge in [0.1, 0.15) is 36.0 Å². The average molecular weight is 593 g/mol. The predicted molar refractivity (Wildman–Crippen MR) is 155 cm³/mol. The quantitative estimate of drug-likeness (QED) is 0.0836. The number of ether oxygens (including phenoxy) is 5. The van der Waals surface area contributed by atoms with Gasteiger partial charge in [-0.1, -0.05) is 50.5 Å². The monoisotopic (exact) mass is 592 g/mol. The van der Waals surface area contributed by atoms with Gasteiger partial charge in [0.15, 0.2) is 0 Å². The Morgan fingerprint density at radius 1 is 0.698 bits per heavy atom. The predicted octanol–water partition coefficient (Wildman–Crippen LogP) is 6.58. The fourth-order valence-corrected chi connectivity index (χ4v) is 3.67. The van der Waals surface area contributed by atoms with E-state index in [0.29, 0.717) is 12.4 Å². The second-order valence-corrected chi connectivity index (χ2v) is 9.41. The Kier molecular flexibility index (Phi) is 12.4. The van der Waals surface area contributed by atoms with Crippen LogP contribution >= 0.6 is 0 Å². The van der Waals surface area contributed by atoms with E-state index in [0.717, 1.165) is 31.2 Å². The molecule has 0 amide bonds. The molecule has 0 aromatic heterocycles. The van der Waals surface area contributed by atoms with Crippen LogP contribution in [0.25, 0.3) is 0 Å². The Labute approximate surface area is 249 Å². The number of hydrogen-bond donors (Lipinski definition) is 0. The van der Waals surface area contributed by atoms with Crippen LogP contribution in [-0.2, 0) is 14.3 Å². The third kappa shape index (κ3) is 10.4. The van der Waals surface area contributed by atoms with Crippen molar-refractivity contribution in [1.29, 1.82) is 0 Å². The lowest BCUT2D eigenvalue weighted by molar-refractivity contribution is -0.141. The largest absolute Gasteiger partial charge is 0.494 e. The van der Waals surface area contributed by atoms with E-state index in [2.05, 4.69) is 18.2 Å². The number of rotatable bonds is 15. The lowest BCUT2D eigenvalue weighted by Gasteiger charge is -2.13. The molecule has 0 atom stereocenters. The number of hydrogen-bond acceptors (Lipinski definition) is 9. The Bertz CT molecular complexity index is 1430. The minimum Gasteiger partial charge on any atom is -0.494 e. The van der Waals surface area contributed by atoms with Crippen molar-refractivity contribution in [2.75, 3.05) is 19.8 Å². The summed E-state index contributed by atoms with van der Waals surface area (Å²) in [6.07, 6.45) is 4.28. The van der Waals surface area contributed by atoms with Crippen molar-refractivity contribution in [2.24, 2.45) is 0 Å². The summed E-state index contributed by atoms with van der Waals surface area (Å²) >= 11 is 0. The van der Waals surface area contributed by atoms with Crippen LogP contribution in [0.4, 0.5) is 4.39 Å². The Morgan fingerprint density at radius 2 is 1.30 bits per heavy atom. The molecule has 3 rings (SSSR count). The molecule has 226 valence electrons. The molecule has 0 radical (unpaired) electrons. The summed E-state index contributed by atoms with van der Waals surface area (Å²) in [6.45, 7) is 6.52. The summed E-state index contributed by atoms with van der Waals surface area (Å²) in [5.41, 5.74) is 1.20. The van der Waals surface area contributed by atoms with E-state index in [1.165, 1.54) is 30.3 Å². The number of carbonyl (C=O) groups is 4. The van der Waals surface area contributed by atoms with Gasteiger partial charge in [0.05, 0.1) is 17.7 Å². The normalized spacial score (nSPS) is 10.4. The van der Waals surface area contributed by atoms with Gasteiger partial charge in [-0.25, -0.2) is 19.2 Å². The number of aryl methyl sites for hydroxylation is 1. The second-order valence-electron chi connectivity index (χ2n) is 9.41. The van der Waals surface area contributed by atoms with Crippen LogP contribution in [0.2, 0.25) is 0 Å². The molecule has 0 saturated heterocycles. The topological polar surface area (TPSA) is 114 Å². The highest BCUT2D eigenvalue weighted by molar-refractivity contribution is 5.97. The molecule has 0 unspecified atom stereocenters. The number of halogens is 1. The Balaban J connectivity index is 1.73. The standard InChI is InChI=1S/C33H33FO9/c1-4-5-6-7-18-39-26-14-12-25(13-15-26)32(37)43-29-17-16-27(42-31(36)24-10-8-22(2)9-11-24)21-28(29)33(38)41-20-19-40-30(35)23(3)34/h8-17,21H,3-7,18-20H2,1-2H3. The molecule has 0 spiro atoms. The lowest BCUT2D eigenvalue weighted by Crippen LogP contribution is -2.17. The molecule has 0 aliphatic rings. The maximum atomic E-state index is 12.9. The Morgan fingerprint density at radius 3 is 1.95 bits per heavy atom. The number of unbranched alkanes of at least 4 members (excludes halogenated alkanes) is 3. The van der Waals surface area contributed by atoms with Crippen molar-refractivity contribution in [2.45, 2.75) is 39.5 Å². The maximum Gasteiger partial charge on any atom is 0.366 e. The van der Waals surface area contributed by atoms with E-state index >= 15 is 0 Å². The van der Waals surface area contributed by atoms with Crippen molar-refractivity contribution in [3.63, 3.8) is 0 Å². The summed E-state index contributed by atoms with van der Waals surface area (Å²) in [7, 11) is 0. The van der Waals surface area contributed by atoms with Crippen LogP contribution in [0.1, 0.15) is 69.2 Å². The minimum absolute atomic E-state index is 0.0158. The van der Waals surface area contributed by atoms with Crippen LogP contribution in [0.5, 0.6) is 17.2 Å². The molecular weight excluding hydrogens is 559 g/mol. The maximum absolute atomic E-state index is 12.9. The minimum atomic E-state index is -1.30. The summed E-state index contributed by atoms with van der Waals surface area (Å²) in [5, 5.41) is 0. The van der Waals surface area contributed by atoms with Gasteiger partial charge in [0.25, 0.3) is 0 Å². The van der Waals surface area contributed by atoms with Crippen LogP contribution < -0.4 is 14.2 Å². The third-order valence-electron chi connectivity index (χ3n) is 6.00. The second kappa shape index (κ2) is 16.5. The van der Waals surface area contributed by atoms with E-state index in [1.807, 2.05) is 6.92 Å². The molecule has 0 fully saturated rings. The van der Waals surface area contributed by atoms with Crippen LogP contribution in [0, 0.1) is 6.92 Å². The van der Waals surface area contributed by atoms with E-state index in [9.17, 15) is 23.6 Å². The summed E-state index contributed by atoms with van der Waals surface area (Å²) in [5.74, 6) is -4.57. The van der Waals surface area contributed by atoms with Gasteiger partial charge in [-0.2, -0.15) is 4.39 Å². The molecule has 0 heterocycles. The van der Waals surface area contributed by atoms with Gasteiger partial charge in [0.2, 0.25) is 5.83 Å². The van der Waals surface area contributed by atoms with Crippen molar-refractivity contribution in [3.05, 3.63) is 101 Å². The summed E-state index contributed by atoms with van der Waals surface area (Å²) in [6, 6.07) is 16.9. The molecule has 0 bridgehead atoms. The van der Waals surface area contributed by atoms with E-state index in [-0.39, 0.29) is 28.2 Å². The molecule has 3 aromatic carbocycles. The van der Waals surface area contributed by atoms with E-state index in [4.69, 9.17) is 18.9 Å². The zero-order chi connectivity index (χ0) is 31.2. The number of esters is 4. The van der Waals surface area contributed by atoms with Crippen molar-refractivity contribution in [3.8, 4) is 17.2 Å². The zero-order valence-corrected chi connectivity index (χ0v) is 24.1. The molecule has 3 aromatic rings. The summed E-state index contributed by atoms with van der Waals surface area (Å²) < 4.78 is 39.1. The number of benzene rings is 3. The first-order chi connectivity index (χ1) is 20.7. The molecular formula is C33H33FO9.